The Hall–Kier alpha value is -1.10. The van der Waals surface area contributed by atoms with Crippen LogP contribution in [0.4, 0.5) is 0 Å². The molecule has 0 aliphatic carbocycles. The van der Waals surface area contributed by atoms with E-state index in [2.05, 4.69) is 0 Å². The number of rotatable bonds is 5. The lowest BCUT2D eigenvalue weighted by atomic mass is 9.83. The third kappa shape index (κ3) is 3.26. The fraction of sp³-hybridized carbons (Fsp3) is 0.600. The molecule has 1 fully saturated rings. The first-order valence-electron chi connectivity index (χ1n) is 6.86. The quantitative estimate of drug-likeness (QED) is 0.847. The van der Waals surface area contributed by atoms with Gasteiger partial charge in [-0.15, -0.1) is 0 Å². The molecule has 1 aliphatic heterocycles. The van der Waals surface area contributed by atoms with E-state index < -0.39 is 6.10 Å². The topological polar surface area (TPSA) is 64.7 Å². The van der Waals surface area contributed by atoms with Crippen LogP contribution in [0, 0.1) is 5.92 Å². The molecule has 19 heavy (non-hydrogen) atoms. The summed E-state index contributed by atoms with van der Waals surface area (Å²) in [6.45, 7) is 1.82. The summed E-state index contributed by atoms with van der Waals surface area (Å²) in [5.41, 5.74) is 6.86. The second kappa shape index (κ2) is 6.89. The molecule has 1 aromatic rings. The minimum atomic E-state index is -0.485. The normalized spacial score (nSPS) is 22.8. The SMILES string of the molecule is COc1ccccc1C(CN)C(O)C1CCCOC1. The number of hydrogen-bond donors (Lipinski definition) is 2. The maximum Gasteiger partial charge on any atom is 0.122 e. The molecular formula is C15H23NO3. The first-order valence-corrected chi connectivity index (χ1v) is 6.86. The van der Waals surface area contributed by atoms with E-state index in [1.54, 1.807) is 7.11 Å². The molecule has 4 heteroatoms. The van der Waals surface area contributed by atoms with Crippen molar-refractivity contribution in [3.63, 3.8) is 0 Å². The summed E-state index contributed by atoms with van der Waals surface area (Å²) >= 11 is 0. The number of aliphatic hydroxyl groups excluding tert-OH is 1. The average Bonchev–Trinajstić information content (AvgIpc) is 2.49. The molecule has 0 spiro atoms. The highest BCUT2D eigenvalue weighted by molar-refractivity contribution is 5.37. The smallest absolute Gasteiger partial charge is 0.122 e. The molecule has 3 N–H and O–H groups in total. The summed E-state index contributed by atoms with van der Waals surface area (Å²) in [4.78, 5) is 0. The summed E-state index contributed by atoms with van der Waals surface area (Å²) in [6.07, 6.45) is 1.51. The van der Waals surface area contributed by atoms with Gasteiger partial charge in [0.25, 0.3) is 0 Å². The Balaban J connectivity index is 2.18. The van der Waals surface area contributed by atoms with Crippen LogP contribution in [0.1, 0.15) is 24.3 Å². The van der Waals surface area contributed by atoms with Crippen LogP contribution in [0.3, 0.4) is 0 Å². The second-order valence-corrected chi connectivity index (χ2v) is 5.05. The van der Waals surface area contributed by atoms with Gasteiger partial charge in [-0.25, -0.2) is 0 Å². The molecule has 4 nitrogen and oxygen atoms in total. The second-order valence-electron chi connectivity index (χ2n) is 5.05. The molecule has 1 saturated heterocycles. The van der Waals surface area contributed by atoms with E-state index in [9.17, 15) is 5.11 Å². The standard InChI is InChI=1S/C15H23NO3/c1-18-14-7-3-2-6-12(14)13(9-16)15(17)11-5-4-8-19-10-11/h2-3,6-7,11,13,15,17H,4-5,8-10,16H2,1H3. The molecule has 2 rings (SSSR count). The van der Waals surface area contributed by atoms with E-state index in [4.69, 9.17) is 15.2 Å². The first kappa shape index (κ1) is 14.3. The number of nitrogens with two attached hydrogens (primary N) is 1. The molecule has 0 amide bonds. The van der Waals surface area contributed by atoms with Gasteiger partial charge in [0.2, 0.25) is 0 Å². The first-order chi connectivity index (χ1) is 9.27. The van der Waals surface area contributed by atoms with E-state index in [0.29, 0.717) is 13.2 Å². The van der Waals surface area contributed by atoms with Crippen molar-refractivity contribution in [3.05, 3.63) is 29.8 Å². The Bertz CT molecular complexity index is 391. The molecule has 1 heterocycles. The Morgan fingerprint density at radius 2 is 2.26 bits per heavy atom. The van der Waals surface area contributed by atoms with Gasteiger partial charge in [0, 0.05) is 30.6 Å². The van der Waals surface area contributed by atoms with Crippen LogP contribution >= 0.6 is 0 Å². The van der Waals surface area contributed by atoms with Gasteiger partial charge in [-0.1, -0.05) is 18.2 Å². The number of ether oxygens (including phenoxy) is 2. The predicted octanol–water partition coefficient (Wildman–Crippen LogP) is 1.53. The van der Waals surface area contributed by atoms with Crippen molar-refractivity contribution in [2.75, 3.05) is 26.9 Å². The lowest BCUT2D eigenvalue weighted by molar-refractivity contribution is -0.0187. The molecule has 0 saturated carbocycles. The lowest BCUT2D eigenvalue weighted by Crippen LogP contribution is -2.37. The van der Waals surface area contributed by atoms with Crippen LogP contribution < -0.4 is 10.5 Å². The fourth-order valence-electron chi connectivity index (χ4n) is 2.79. The maximum absolute atomic E-state index is 10.6. The Kier molecular flexibility index (Phi) is 5.19. The van der Waals surface area contributed by atoms with Crippen LogP contribution in [0.5, 0.6) is 5.75 Å². The van der Waals surface area contributed by atoms with E-state index in [0.717, 1.165) is 30.8 Å². The zero-order valence-electron chi connectivity index (χ0n) is 11.4. The number of hydrogen-bond acceptors (Lipinski definition) is 4. The molecule has 3 unspecified atom stereocenters. The van der Waals surface area contributed by atoms with E-state index in [-0.39, 0.29) is 11.8 Å². The Labute approximate surface area is 114 Å². The van der Waals surface area contributed by atoms with E-state index in [1.165, 1.54) is 0 Å². The number of methoxy groups -OCH3 is 1. The van der Waals surface area contributed by atoms with Crippen molar-refractivity contribution in [1.82, 2.24) is 0 Å². The third-order valence-corrected chi connectivity index (χ3v) is 3.88. The van der Waals surface area contributed by atoms with E-state index >= 15 is 0 Å². The van der Waals surface area contributed by atoms with Gasteiger partial charge in [0.1, 0.15) is 5.75 Å². The highest BCUT2D eigenvalue weighted by atomic mass is 16.5. The van der Waals surface area contributed by atoms with Crippen molar-refractivity contribution in [2.45, 2.75) is 24.9 Å². The van der Waals surface area contributed by atoms with Crippen molar-refractivity contribution in [2.24, 2.45) is 11.7 Å². The van der Waals surface area contributed by atoms with Crippen LogP contribution in [0.25, 0.3) is 0 Å². The highest BCUT2D eigenvalue weighted by Gasteiger charge is 2.31. The lowest BCUT2D eigenvalue weighted by Gasteiger charge is -2.32. The minimum absolute atomic E-state index is 0.108. The number of para-hydroxylation sites is 1. The van der Waals surface area contributed by atoms with Crippen LogP contribution in [-0.4, -0.2) is 38.1 Å². The van der Waals surface area contributed by atoms with Gasteiger partial charge in [0.05, 0.1) is 19.8 Å². The molecule has 1 aliphatic rings. The Morgan fingerprint density at radius 3 is 2.89 bits per heavy atom. The monoisotopic (exact) mass is 265 g/mol. The van der Waals surface area contributed by atoms with Crippen LogP contribution in [-0.2, 0) is 4.74 Å². The molecule has 106 valence electrons. The van der Waals surface area contributed by atoms with Crippen LogP contribution in [0.2, 0.25) is 0 Å². The zero-order valence-corrected chi connectivity index (χ0v) is 11.4. The predicted molar refractivity (Wildman–Crippen MR) is 74.3 cm³/mol. The minimum Gasteiger partial charge on any atom is -0.496 e. The summed E-state index contributed by atoms with van der Waals surface area (Å²) in [7, 11) is 1.64. The number of aliphatic hydroxyl groups is 1. The summed E-state index contributed by atoms with van der Waals surface area (Å²) < 4.78 is 10.8. The maximum atomic E-state index is 10.6. The molecule has 0 aromatic heterocycles. The van der Waals surface area contributed by atoms with Gasteiger partial charge in [-0.3, -0.25) is 0 Å². The van der Waals surface area contributed by atoms with Gasteiger partial charge in [-0.2, -0.15) is 0 Å². The van der Waals surface area contributed by atoms with Gasteiger partial charge in [0.15, 0.2) is 0 Å². The van der Waals surface area contributed by atoms with Gasteiger partial charge < -0.3 is 20.3 Å². The fourth-order valence-corrected chi connectivity index (χ4v) is 2.79. The van der Waals surface area contributed by atoms with E-state index in [1.807, 2.05) is 24.3 Å². The summed E-state index contributed by atoms with van der Waals surface area (Å²) in [5, 5.41) is 10.6. The molecule has 0 radical (unpaired) electrons. The van der Waals surface area contributed by atoms with Crippen molar-refractivity contribution in [3.8, 4) is 5.75 Å². The molecular weight excluding hydrogens is 242 g/mol. The average molecular weight is 265 g/mol. The number of benzene rings is 1. The summed E-state index contributed by atoms with van der Waals surface area (Å²) in [5.74, 6) is 0.837. The molecule has 0 bridgehead atoms. The highest BCUT2D eigenvalue weighted by Crippen LogP contribution is 2.33. The van der Waals surface area contributed by atoms with Crippen molar-refractivity contribution in [1.29, 1.82) is 0 Å². The van der Waals surface area contributed by atoms with Crippen molar-refractivity contribution >= 4 is 0 Å². The van der Waals surface area contributed by atoms with Crippen molar-refractivity contribution < 1.29 is 14.6 Å². The molecule has 3 atom stereocenters. The Morgan fingerprint density at radius 1 is 1.47 bits per heavy atom. The third-order valence-electron chi connectivity index (χ3n) is 3.88. The summed E-state index contributed by atoms with van der Waals surface area (Å²) in [6, 6.07) is 7.75. The molecule has 1 aromatic carbocycles. The largest absolute Gasteiger partial charge is 0.496 e. The van der Waals surface area contributed by atoms with Gasteiger partial charge in [-0.05, 0) is 18.9 Å². The van der Waals surface area contributed by atoms with Gasteiger partial charge >= 0.3 is 0 Å². The van der Waals surface area contributed by atoms with Crippen LogP contribution in [0.15, 0.2) is 24.3 Å². The zero-order chi connectivity index (χ0) is 13.7.